The van der Waals surface area contributed by atoms with Crippen molar-refractivity contribution in [2.45, 2.75) is 0 Å². The zero-order valence-corrected chi connectivity index (χ0v) is 12.1. The summed E-state index contributed by atoms with van der Waals surface area (Å²) in [6.45, 7) is 4.08. The Morgan fingerprint density at radius 2 is 1.90 bits per heavy atom. The molecule has 4 nitrogen and oxygen atoms in total. The van der Waals surface area contributed by atoms with Crippen LogP contribution >= 0.6 is 11.6 Å². The van der Waals surface area contributed by atoms with E-state index in [9.17, 15) is 4.79 Å². The maximum Gasteiger partial charge on any atom is 0.237 e. The quantitative estimate of drug-likeness (QED) is 0.778. The number of rotatable bonds is 2. The Balaban J connectivity index is 1.70. The predicted octanol–water partition coefficient (Wildman–Crippen LogP) is 1.82. The van der Waals surface area contributed by atoms with E-state index in [1.165, 1.54) is 11.3 Å². The number of carbonyl (C=O) groups excluding carboxylic acids is 1. The van der Waals surface area contributed by atoms with Gasteiger partial charge in [0, 0.05) is 26.2 Å². The van der Waals surface area contributed by atoms with Crippen LogP contribution in [0, 0.1) is 0 Å². The molecule has 5 heteroatoms. The topological polar surface area (TPSA) is 26.8 Å². The number of nitrogens with zero attached hydrogens (tertiary/aromatic N) is 3. The van der Waals surface area contributed by atoms with Gasteiger partial charge in [-0.15, -0.1) is 11.6 Å². The Bertz CT molecular complexity index is 524. The molecule has 1 amide bonds. The molecule has 0 atom stereocenters. The third-order valence-corrected chi connectivity index (χ3v) is 4.08. The van der Waals surface area contributed by atoms with Gasteiger partial charge in [0.25, 0.3) is 0 Å². The van der Waals surface area contributed by atoms with E-state index in [1.807, 2.05) is 4.90 Å². The number of anilines is 1. The summed E-state index contributed by atoms with van der Waals surface area (Å²) in [7, 11) is 0. The molecule has 0 unspecified atom stereocenters. The molecule has 0 spiro atoms. The van der Waals surface area contributed by atoms with Crippen molar-refractivity contribution in [3.63, 3.8) is 0 Å². The smallest absolute Gasteiger partial charge is 0.237 e. The first kappa shape index (κ1) is 13.5. The second-order valence-corrected chi connectivity index (χ2v) is 5.28. The first-order valence-electron chi connectivity index (χ1n) is 6.91. The maximum absolute atomic E-state index is 11.6. The van der Waals surface area contributed by atoms with Crippen molar-refractivity contribution in [3.8, 4) is 0 Å². The van der Waals surface area contributed by atoms with E-state index in [0.29, 0.717) is 0 Å². The number of para-hydroxylation sites is 1. The van der Waals surface area contributed by atoms with Gasteiger partial charge in [0.1, 0.15) is 5.88 Å². The fraction of sp³-hybridized carbons (Fsp3) is 0.400. The molecule has 2 aliphatic rings. The number of fused-ring (bicyclic) bond motifs is 1. The van der Waals surface area contributed by atoms with Crippen molar-refractivity contribution >= 4 is 29.3 Å². The van der Waals surface area contributed by atoms with E-state index in [4.69, 9.17) is 11.6 Å². The maximum atomic E-state index is 11.6. The molecular formula is C15H18ClN3O. The molecule has 2 heterocycles. The largest absolute Gasteiger partial charge is 0.339 e. The third-order valence-electron chi connectivity index (χ3n) is 3.86. The lowest BCUT2D eigenvalue weighted by atomic mass is 10.1. The zero-order valence-electron chi connectivity index (χ0n) is 11.3. The summed E-state index contributed by atoms with van der Waals surface area (Å²) >= 11 is 5.61. The standard InChI is InChI=1S/C15H18ClN3O/c16-12-15(20)17-8-10-18(11-9-17)19-7-3-5-13-4-1-2-6-14(13)19/h1-6H,7-12H2. The molecule has 106 valence electrons. The Labute approximate surface area is 124 Å². The highest BCUT2D eigenvalue weighted by molar-refractivity contribution is 6.27. The van der Waals surface area contributed by atoms with Gasteiger partial charge in [0.2, 0.25) is 5.91 Å². The van der Waals surface area contributed by atoms with Gasteiger partial charge in [-0.25, -0.2) is 5.01 Å². The Hall–Kier alpha value is -1.52. The molecule has 0 N–H and O–H groups in total. The van der Waals surface area contributed by atoms with Crippen LogP contribution in [0.5, 0.6) is 0 Å². The van der Waals surface area contributed by atoms with Gasteiger partial charge >= 0.3 is 0 Å². The Morgan fingerprint density at radius 3 is 2.65 bits per heavy atom. The van der Waals surface area contributed by atoms with Crippen LogP contribution in [-0.4, -0.2) is 54.4 Å². The van der Waals surface area contributed by atoms with Gasteiger partial charge in [0.05, 0.1) is 12.2 Å². The molecule has 20 heavy (non-hydrogen) atoms. The monoisotopic (exact) mass is 291 g/mol. The van der Waals surface area contributed by atoms with Gasteiger partial charge < -0.3 is 9.91 Å². The van der Waals surface area contributed by atoms with E-state index in [2.05, 4.69) is 46.4 Å². The first-order valence-corrected chi connectivity index (χ1v) is 7.45. The molecular weight excluding hydrogens is 274 g/mol. The van der Waals surface area contributed by atoms with Crippen LogP contribution in [0.2, 0.25) is 0 Å². The molecule has 0 saturated carbocycles. The fourth-order valence-electron chi connectivity index (χ4n) is 2.78. The molecule has 0 aromatic heterocycles. The highest BCUT2D eigenvalue weighted by atomic mass is 35.5. The van der Waals surface area contributed by atoms with Crippen molar-refractivity contribution in [2.24, 2.45) is 0 Å². The molecule has 0 aliphatic carbocycles. The van der Waals surface area contributed by atoms with Crippen molar-refractivity contribution in [2.75, 3.05) is 43.6 Å². The van der Waals surface area contributed by atoms with Crippen LogP contribution in [0.4, 0.5) is 5.69 Å². The molecule has 1 aromatic carbocycles. The number of amides is 1. The molecule has 1 fully saturated rings. The van der Waals surface area contributed by atoms with Crippen molar-refractivity contribution in [1.29, 1.82) is 0 Å². The van der Waals surface area contributed by atoms with Gasteiger partial charge in [-0.05, 0) is 11.6 Å². The van der Waals surface area contributed by atoms with E-state index in [0.717, 1.165) is 32.7 Å². The molecule has 1 saturated heterocycles. The number of hydrazine groups is 1. The van der Waals surface area contributed by atoms with Crippen LogP contribution in [-0.2, 0) is 4.79 Å². The van der Waals surface area contributed by atoms with Crippen LogP contribution in [0.3, 0.4) is 0 Å². The second kappa shape index (κ2) is 5.85. The highest BCUT2D eigenvalue weighted by Gasteiger charge is 2.25. The van der Waals surface area contributed by atoms with Crippen LogP contribution in [0.25, 0.3) is 6.08 Å². The van der Waals surface area contributed by atoms with Crippen LogP contribution < -0.4 is 5.01 Å². The number of benzene rings is 1. The predicted molar refractivity (Wildman–Crippen MR) is 81.7 cm³/mol. The fourth-order valence-corrected chi connectivity index (χ4v) is 2.95. The summed E-state index contributed by atoms with van der Waals surface area (Å²) in [6, 6.07) is 8.41. The molecule has 1 aromatic rings. The molecule has 0 bridgehead atoms. The minimum atomic E-state index is 0.0326. The van der Waals surface area contributed by atoms with Crippen molar-refractivity contribution in [1.82, 2.24) is 9.91 Å². The second-order valence-electron chi connectivity index (χ2n) is 5.01. The van der Waals surface area contributed by atoms with Crippen molar-refractivity contribution in [3.05, 3.63) is 35.9 Å². The lowest BCUT2D eigenvalue weighted by Gasteiger charge is -2.43. The Kier molecular flexibility index (Phi) is 3.94. The minimum Gasteiger partial charge on any atom is -0.339 e. The van der Waals surface area contributed by atoms with Crippen molar-refractivity contribution < 1.29 is 4.79 Å². The number of hydrogen-bond acceptors (Lipinski definition) is 3. The van der Waals surface area contributed by atoms with Crippen LogP contribution in [0.15, 0.2) is 30.3 Å². The number of halogens is 1. The Morgan fingerprint density at radius 1 is 1.15 bits per heavy atom. The summed E-state index contributed by atoms with van der Waals surface area (Å²) in [5, 5.41) is 4.62. The lowest BCUT2D eigenvalue weighted by Crippen LogP contribution is -2.55. The third kappa shape index (κ3) is 2.53. The normalized spacial score (nSPS) is 19.1. The van der Waals surface area contributed by atoms with Gasteiger partial charge in [0.15, 0.2) is 0 Å². The summed E-state index contributed by atoms with van der Waals surface area (Å²) in [5.41, 5.74) is 2.49. The highest BCUT2D eigenvalue weighted by Crippen LogP contribution is 2.27. The first-order chi connectivity index (χ1) is 9.79. The molecule has 2 aliphatic heterocycles. The van der Waals surface area contributed by atoms with E-state index < -0.39 is 0 Å². The summed E-state index contributed by atoms with van der Waals surface area (Å²) in [5.74, 6) is 0.111. The summed E-state index contributed by atoms with van der Waals surface area (Å²) in [4.78, 5) is 13.4. The summed E-state index contributed by atoms with van der Waals surface area (Å²) in [6.07, 6.45) is 4.34. The zero-order chi connectivity index (χ0) is 13.9. The van der Waals surface area contributed by atoms with Gasteiger partial charge in [-0.2, -0.15) is 0 Å². The van der Waals surface area contributed by atoms with Crippen LogP contribution in [0.1, 0.15) is 5.56 Å². The number of piperazine rings is 1. The van der Waals surface area contributed by atoms with E-state index >= 15 is 0 Å². The average molecular weight is 292 g/mol. The van der Waals surface area contributed by atoms with E-state index in [1.54, 1.807) is 0 Å². The number of carbonyl (C=O) groups is 1. The van der Waals surface area contributed by atoms with Gasteiger partial charge in [-0.1, -0.05) is 30.4 Å². The number of alkyl halides is 1. The van der Waals surface area contributed by atoms with E-state index in [-0.39, 0.29) is 11.8 Å². The van der Waals surface area contributed by atoms with Gasteiger partial charge in [-0.3, -0.25) is 4.79 Å². The SMILES string of the molecule is O=C(CCl)N1CCN(N2CC=Cc3ccccc32)CC1. The summed E-state index contributed by atoms with van der Waals surface area (Å²) < 4.78 is 0. The number of hydrogen-bond donors (Lipinski definition) is 0. The molecule has 0 radical (unpaired) electrons. The minimum absolute atomic E-state index is 0.0326. The molecule has 3 rings (SSSR count). The average Bonchev–Trinajstić information content (AvgIpc) is 2.54. The lowest BCUT2D eigenvalue weighted by molar-refractivity contribution is -0.130.